The molecule has 1 atom stereocenters. The van der Waals surface area contributed by atoms with Crippen molar-refractivity contribution < 1.29 is 0 Å². The minimum atomic E-state index is 0.583. The highest BCUT2D eigenvalue weighted by Crippen LogP contribution is 2.34. The third-order valence-corrected chi connectivity index (χ3v) is 4.92. The van der Waals surface area contributed by atoms with Gasteiger partial charge in [0.1, 0.15) is 0 Å². The average Bonchev–Trinajstić information content (AvgIpc) is 2.32. The van der Waals surface area contributed by atoms with Crippen LogP contribution in [0.3, 0.4) is 0 Å². The van der Waals surface area contributed by atoms with Gasteiger partial charge in [-0.25, -0.2) is 0 Å². The molecule has 1 saturated carbocycles. The number of hydrogen-bond acceptors (Lipinski definition) is 2. The van der Waals surface area contributed by atoms with Crippen LogP contribution in [0.15, 0.2) is 0 Å². The second-order valence-corrected chi connectivity index (χ2v) is 6.86. The van der Waals surface area contributed by atoms with E-state index in [4.69, 9.17) is 0 Å². The standard InChI is InChI=1S/C16H32N2/c1-16(10-6-4-7-11-16)14-17-13-15-9-5-2-3-8-12-18-15/h15,17-18H,2-14H2,1H3. The van der Waals surface area contributed by atoms with Crippen LogP contribution in [-0.4, -0.2) is 25.7 Å². The fourth-order valence-corrected chi connectivity index (χ4v) is 3.58. The normalized spacial score (nSPS) is 29.5. The van der Waals surface area contributed by atoms with E-state index in [0.29, 0.717) is 5.41 Å². The summed E-state index contributed by atoms with van der Waals surface area (Å²) in [5.41, 5.74) is 0.583. The second kappa shape index (κ2) is 7.49. The smallest absolute Gasteiger partial charge is 0.0192 e. The van der Waals surface area contributed by atoms with Gasteiger partial charge in [-0.1, -0.05) is 45.4 Å². The Morgan fingerprint density at radius 3 is 2.56 bits per heavy atom. The Morgan fingerprint density at radius 1 is 1.00 bits per heavy atom. The van der Waals surface area contributed by atoms with E-state index in [2.05, 4.69) is 17.6 Å². The molecule has 2 rings (SSSR count). The van der Waals surface area contributed by atoms with Crippen LogP contribution in [0.5, 0.6) is 0 Å². The molecule has 0 aromatic carbocycles. The molecule has 1 unspecified atom stereocenters. The van der Waals surface area contributed by atoms with Crippen LogP contribution < -0.4 is 10.6 Å². The molecule has 2 aliphatic rings. The lowest BCUT2D eigenvalue weighted by atomic mass is 9.76. The maximum atomic E-state index is 3.75. The van der Waals surface area contributed by atoms with Gasteiger partial charge in [-0.2, -0.15) is 0 Å². The molecule has 2 fully saturated rings. The molecule has 18 heavy (non-hydrogen) atoms. The highest BCUT2D eigenvalue weighted by Gasteiger charge is 2.26. The summed E-state index contributed by atoms with van der Waals surface area (Å²) in [6.07, 6.45) is 14.2. The molecule has 0 bridgehead atoms. The Balaban J connectivity index is 1.63. The van der Waals surface area contributed by atoms with E-state index in [0.717, 1.165) is 6.04 Å². The van der Waals surface area contributed by atoms with Crippen molar-refractivity contribution in [3.8, 4) is 0 Å². The highest BCUT2D eigenvalue weighted by atomic mass is 15.0. The topological polar surface area (TPSA) is 24.1 Å². The van der Waals surface area contributed by atoms with Gasteiger partial charge in [0.05, 0.1) is 0 Å². The SMILES string of the molecule is CC1(CNCC2CCCCCCN2)CCCCC1. The molecule has 0 spiro atoms. The summed E-state index contributed by atoms with van der Waals surface area (Å²) in [4.78, 5) is 0. The zero-order valence-corrected chi connectivity index (χ0v) is 12.3. The van der Waals surface area contributed by atoms with E-state index in [1.807, 2.05) is 0 Å². The summed E-state index contributed by atoms with van der Waals surface area (Å²) in [5.74, 6) is 0. The van der Waals surface area contributed by atoms with Crippen LogP contribution in [0.25, 0.3) is 0 Å². The monoisotopic (exact) mass is 252 g/mol. The Hall–Kier alpha value is -0.0800. The summed E-state index contributed by atoms with van der Waals surface area (Å²) < 4.78 is 0. The van der Waals surface area contributed by atoms with E-state index < -0.39 is 0 Å². The van der Waals surface area contributed by atoms with Gasteiger partial charge >= 0.3 is 0 Å². The number of hydrogen-bond donors (Lipinski definition) is 2. The lowest BCUT2D eigenvalue weighted by molar-refractivity contribution is 0.205. The molecule has 0 amide bonds. The molecular formula is C16H32N2. The predicted octanol–water partition coefficient (Wildman–Crippen LogP) is 3.47. The largest absolute Gasteiger partial charge is 0.315 e. The Bertz CT molecular complexity index is 213. The molecular weight excluding hydrogens is 220 g/mol. The van der Waals surface area contributed by atoms with Crippen LogP contribution in [0, 0.1) is 5.41 Å². The van der Waals surface area contributed by atoms with Gasteiger partial charge in [-0.15, -0.1) is 0 Å². The van der Waals surface area contributed by atoms with E-state index in [1.165, 1.54) is 83.8 Å². The molecule has 0 aromatic heterocycles. The molecule has 2 nitrogen and oxygen atoms in total. The van der Waals surface area contributed by atoms with Crippen molar-refractivity contribution in [2.45, 2.75) is 77.2 Å². The average molecular weight is 252 g/mol. The summed E-state index contributed by atoms with van der Waals surface area (Å²) in [5, 5.41) is 7.46. The first-order valence-electron chi connectivity index (χ1n) is 8.23. The molecule has 1 aliphatic carbocycles. The second-order valence-electron chi connectivity index (χ2n) is 6.86. The minimum Gasteiger partial charge on any atom is -0.315 e. The maximum absolute atomic E-state index is 3.75. The molecule has 1 aliphatic heterocycles. The Kier molecular flexibility index (Phi) is 5.97. The number of rotatable bonds is 4. The van der Waals surface area contributed by atoms with Crippen molar-refractivity contribution in [1.82, 2.24) is 10.6 Å². The first-order chi connectivity index (χ1) is 8.79. The van der Waals surface area contributed by atoms with Gasteiger partial charge in [0.25, 0.3) is 0 Å². The van der Waals surface area contributed by atoms with Crippen molar-refractivity contribution >= 4 is 0 Å². The lowest BCUT2D eigenvalue weighted by Gasteiger charge is -2.34. The van der Waals surface area contributed by atoms with E-state index in [9.17, 15) is 0 Å². The molecule has 106 valence electrons. The van der Waals surface area contributed by atoms with Gasteiger partial charge in [-0.3, -0.25) is 0 Å². The zero-order valence-electron chi connectivity index (χ0n) is 12.3. The first kappa shape index (κ1) is 14.3. The van der Waals surface area contributed by atoms with Crippen molar-refractivity contribution in [2.24, 2.45) is 5.41 Å². The molecule has 0 radical (unpaired) electrons. The van der Waals surface area contributed by atoms with Crippen LogP contribution >= 0.6 is 0 Å². The van der Waals surface area contributed by atoms with Gasteiger partial charge in [-0.05, 0) is 37.6 Å². The number of nitrogens with one attached hydrogen (secondary N) is 2. The van der Waals surface area contributed by atoms with Gasteiger partial charge in [0, 0.05) is 19.1 Å². The summed E-state index contributed by atoms with van der Waals surface area (Å²) >= 11 is 0. The summed E-state index contributed by atoms with van der Waals surface area (Å²) in [6, 6.07) is 0.720. The van der Waals surface area contributed by atoms with E-state index in [1.54, 1.807) is 0 Å². The van der Waals surface area contributed by atoms with Crippen molar-refractivity contribution in [1.29, 1.82) is 0 Å². The molecule has 2 heteroatoms. The summed E-state index contributed by atoms with van der Waals surface area (Å²) in [7, 11) is 0. The van der Waals surface area contributed by atoms with Gasteiger partial charge < -0.3 is 10.6 Å². The van der Waals surface area contributed by atoms with E-state index in [-0.39, 0.29) is 0 Å². The fourth-order valence-electron chi connectivity index (χ4n) is 3.58. The maximum Gasteiger partial charge on any atom is 0.0192 e. The highest BCUT2D eigenvalue weighted by molar-refractivity contribution is 4.82. The van der Waals surface area contributed by atoms with Crippen LogP contribution in [0.2, 0.25) is 0 Å². The first-order valence-corrected chi connectivity index (χ1v) is 8.23. The summed E-state index contributed by atoms with van der Waals surface area (Å²) in [6.45, 7) is 6.11. The molecule has 1 heterocycles. The van der Waals surface area contributed by atoms with Crippen molar-refractivity contribution in [2.75, 3.05) is 19.6 Å². The van der Waals surface area contributed by atoms with E-state index >= 15 is 0 Å². The van der Waals surface area contributed by atoms with Crippen molar-refractivity contribution in [3.05, 3.63) is 0 Å². The third-order valence-electron chi connectivity index (χ3n) is 4.92. The van der Waals surface area contributed by atoms with Crippen molar-refractivity contribution in [3.63, 3.8) is 0 Å². The minimum absolute atomic E-state index is 0.583. The fraction of sp³-hybridized carbons (Fsp3) is 1.00. The van der Waals surface area contributed by atoms with Crippen LogP contribution in [-0.2, 0) is 0 Å². The predicted molar refractivity (Wildman–Crippen MR) is 78.9 cm³/mol. The third kappa shape index (κ3) is 4.89. The molecule has 1 saturated heterocycles. The Morgan fingerprint density at radius 2 is 1.72 bits per heavy atom. The molecule has 2 N–H and O–H groups in total. The Labute approximate surface area is 113 Å². The quantitative estimate of drug-likeness (QED) is 0.800. The van der Waals surface area contributed by atoms with Crippen LogP contribution in [0.4, 0.5) is 0 Å². The van der Waals surface area contributed by atoms with Gasteiger partial charge in [0.2, 0.25) is 0 Å². The molecule has 0 aromatic rings. The lowest BCUT2D eigenvalue weighted by Crippen LogP contribution is -2.43. The van der Waals surface area contributed by atoms with Crippen LogP contribution in [0.1, 0.15) is 71.1 Å². The van der Waals surface area contributed by atoms with Gasteiger partial charge in [0.15, 0.2) is 0 Å². The zero-order chi connectivity index (χ0) is 12.7.